The highest BCUT2D eigenvalue weighted by Crippen LogP contribution is 2.58. The van der Waals surface area contributed by atoms with Crippen molar-refractivity contribution in [3.63, 3.8) is 0 Å². The first-order valence-electron chi connectivity index (χ1n) is 11.2. The van der Waals surface area contributed by atoms with Crippen molar-refractivity contribution >= 4 is 21.8 Å². The van der Waals surface area contributed by atoms with Gasteiger partial charge in [-0.3, -0.25) is 0 Å². The summed E-state index contributed by atoms with van der Waals surface area (Å²) in [5.74, 6) is 0. The standard InChI is InChI=1S/C28H26N2/c1-3-13-27-15-16-28(14-4-2,22-18-20-10-6-5-9-19(20)17-21(22)27)26-25(27)29-23-11-7-8-12-24(23)30-26/h5-12,15-18H,3-4,13-14H2,1-2H3/t27-,28+. The second-order valence-corrected chi connectivity index (χ2v) is 8.93. The van der Waals surface area contributed by atoms with Crippen LogP contribution in [0.15, 0.2) is 72.8 Å². The quantitative estimate of drug-likeness (QED) is 0.357. The number of allylic oxidation sites excluding steroid dienone is 2. The summed E-state index contributed by atoms with van der Waals surface area (Å²) in [6, 6.07) is 22.0. The summed E-state index contributed by atoms with van der Waals surface area (Å²) in [5, 5.41) is 2.63. The first kappa shape index (κ1) is 17.8. The molecule has 2 atom stereocenters. The molecule has 148 valence electrons. The van der Waals surface area contributed by atoms with E-state index in [4.69, 9.17) is 9.97 Å². The number of hydrogen-bond donors (Lipinski definition) is 0. The van der Waals surface area contributed by atoms with E-state index in [1.165, 1.54) is 33.3 Å². The minimum Gasteiger partial charge on any atom is -0.248 e. The zero-order valence-corrected chi connectivity index (χ0v) is 17.7. The molecule has 4 aromatic rings. The molecule has 0 N–H and O–H groups in total. The zero-order valence-electron chi connectivity index (χ0n) is 17.7. The van der Waals surface area contributed by atoms with Crippen LogP contribution in [0.3, 0.4) is 0 Å². The van der Waals surface area contributed by atoms with Crippen LogP contribution in [0.1, 0.15) is 62.0 Å². The molecule has 2 heteroatoms. The smallest absolute Gasteiger partial charge is 0.0890 e. The first-order chi connectivity index (χ1) is 14.7. The second-order valence-electron chi connectivity index (χ2n) is 8.93. The van der Waals surface area contributed by atoms with Gasteiger partial charge in [0.1, 0.15) is 0 Å². The second kappa shape index (κ2) is 6.25. The third kappa shape index (κ3) is 2.14. The summed E-state index contributed by atoms with van der Waals surface area (Å²) >= 11 is 0. The predicted octanol–water partition coefficient (Wildman–Crippen LogP) is 6.84. The lowest BCUT2D eigenvalue weighted by Gasteiger charge is -2.50. The van der Waals surface area contributed by atoms with Crippen molar-refractivity contribution < 1.29 is 0 Å². The van der Waals surface area contributed by atoms with Crippen LogP contribution in [-0.2, 0) is 10.8 Å². The SMILES string of the molecule is CCC[C@@]12C=C[C@@](CCC)(c3cc4ccccc4cc31)c1nc3ccccc3nc12. The lowest BCUT2D eigenvalue weighted by atomic mass is 9.53. The van der Waals surface area contributed by atoms with E-state index in [-0.39, 0.29) is 10.8 Å². The average Bonchev–Trinajstić information content (AvgIpc) is 2.79. The van der Waals surface area contributed by atoms with Gasteiger partial charge in [0.15, 0.2) is 0 Å². The summed E-state index contributed by atoms with van der Waals surface area (Å²) in [7, 11) is 0. The molecule has 1 aromatic heterocycles. The van der Waals surface area contributed by atoms with Crippen molar-refractivity contribution in [2.24, 2.45) is 0 Å². The van der Waals surface area contributed by atoms with E-state index in [9.17, 15) is 0 Å². The van der Waals surface area contributed by atoms with E-state index in [0.29, 0.717) is 0 Å². The maximum Gasteiger partial charge on any atom is 0.0890 e. The molecular weight excluding hydrogens is 364 g/mol. The third-order valence-corrected chi connectivity index (χ3v) is 7.20. The van der Waals surface area contributed by atoms with Crippen molar-refractivity contribution in [1.29, 1.82) is 0 Å². The van der Waals surface area contributed by atoms with Crippen molar-refractivity contribution in [3.05, 3.63) is 95.3 Å². The van der Waals surface area contributed by atoms with Crippen LogP contribution in [0.2, 0.25) is 0 Å². The van der Waals surface area contributed by atoms with Crippen LogP contribution in [0.5, 0.6) is 0 Å². The molecule has 3 aliphatic rings. The highest BCUT2D eigenvalue weighted by molar-refractivity contribution is 5.87. The predicted molar refractivity (Wildman–Crippen MR) is 124 cm³/mol. The fourth-order valence-corrected chi connectivity index (χ4v) is 5.94. The van der Waals surface area contributed by atoms with E-state index in [1.807, 2.05) is 0 Å². The van der Waals surface area contributed by atoms with Crippen LogP contribution in [0.25, 0.3) is 21.8 Å². The molecule has 0 unspecified atom stereocenters. The largest absolute Gasteiger partial charge is 0.248 e. The normalized spacial score (nSPS) is 23.7. The van der Waals surface area contributed by atoms with Gasteiger partial charge in [-0.1, -0.05) is 75.2 Å². The molecule has 0 amide bonds. The Balaban J connectivity index is 1.77. The van der Waals surface area contributed by atoms with E-state index in [2.05, 4.69) is 86.7 Å². The Labute approximate surface area is 177 Å². The van der Waals surface area contributed by atoms with Crippen molar-refractivity contribution in [2.45, 2.75) is 50.4 Å². The highest BCUT2D eigenvalue weighted by Gasteiger charge is 2.53. The van der Waals surface area contributed by atoms with Crippen molar-refractivity contribution in [3.8, 4) is 0 Å². The van der Waals surface area contributed by atoms with Gasteiger partial charge in [0.05, 0.1) is 33.3 Å². The summed E-state index contributed by atoms with van der Waals surface area (Å²) in [6.45, 7) is 4.56. The number of benzene rings is 3. The summed E-state index contributed by atoms with van der Waals surface area (Å²) in [4.78, 5) is 10.6. The number of aromatic nitrogens is 2. The molecule has 0 saturated carbocycles. The number of rotatable bonds is 4. The Bertz CT molecular complexity index is 1140. The van der Waals surface area contributed by atoms with Gasteiger partial charge in [0.25, 0.3) is 0 Å². The monoisotopic (exact) mass is 390 g/mol. The Morgan fingerprint density at radius 2 is 1.07 bits per heavy atom. The van der Waals surface area contributed by atoms with Gasteiger partial charge < -0.3 is 0 Å². The lowest BCUT2D eigenvalue weighted by molar-refractivity contribution is 0.427. The van der Waals surface area contributed by atoms with Gasteiger partial charge in [0.2, 0.25) is 0 Å². The molecule has 0 saturated heterocycles. The maximum absolute atomic E-state index is 5.28. The van der Waals surface area contributed by atoms with Crippen molar-refractivity contribution in [1.82, 2.24) is 9.97 Å². The Morgan fingerprint density at radius 3 is 1.50 bits per heavy atom. The van der Waals surface area contributed by atoms with Crippen LogP contribution in [0.4, 0.5) is 0 Å². The molecule has 2 bridgehead atoms. The first-order valence-corrected chi connectivity index (χ1v) is 11.2. The molecule has 30 heavy (non-hydrogen) atoms. The molecule has 0 radical (unpaired) electrons. The maximum atomic E-state index is 5.28. The summed E-state index contributed by atoms with van der Waals surface area (Å²) < 4.78 is 0. The van der Waals surface area contributed by atoms with Crippen LogP contribution < -0.4 is 0 Å². The molecule has 2 nitrogen and oxygen atoms in total. The molecule has 0 spiro atoms. The van der Waals surface area contributed by atoms with Crippen LogP contribution in [-0.4, -0.2) is 9.97 Å². The number of fused-ring (bicyclic) bond motifs is 2. The van der Waals surface area contributed by atoms with Gasteiger partial charge in [-0.05, 0) is 59.0 Å². The minimum absolute atomic E-state index is 0.185. The zero-order chi connectivity index (χ0) is 20.3. The Morgan fingerprint density at radius 1 is 0.633 bits per heavy atom. The molecule has 3 aliphatic carbocycles. The minimum atomic E-state index is -0.185. The summed E-state index contributed by atoms with van der Waals surface area (Å²) in [6.07, 6.45) is 9.24. The van der Waals surface area contributed by atoms with Crippen molar-refractivity contribution in [2.75, 3.05) is 0 Å². The Kier molecular flexibility index (Phi) is 3.71. The fourth-order valence-electron chi connectivity index (χ4n) is 5.94. The molecular formula is C28H26N2. The molecule has 7 rings (SSSR count). The summed E-state index contributed by atoms with van der Waals surface area (Å²) in [5.41, 5.74) is 6.88. The van der Waals surface area contributed by atoms with Gasteiger partial charge in [0, 0.05) is 0 Å². The van der Waals surface area contributed by atoms with E-state index in [0.717, 1.165) is 36.7 Å². The lowest BCUT2D eigenvalue weighted by Crippen LogP contribution is -2.47. The highest BCUT2D eigenvalue weighted by atomic mass is 14.9. The number of nitrogens with zero attached hydrogens (tertiary/aromatic N) is 2. The third-order valence-electron chi connectivity index (χ3n) is 7.20. The molecule has 3 aromatic carbocycles. The van der Waals surface area contributed by atoms with E-state index >= 15 is 0 Å². The topological polar surface area (TPSA) is 25.8 Å². The van der Waals surface area contributed by atoms with Gasteiger partial charge in [-0.25, -0.2) is 9.97 Å². The molecule has 0 fully saturated rings. The Hall–Kier alpha value is -3.00. The van der Waals surface area contributed by atoms with Gasteiger partial charge in [-0.2, -0.15) is 0 Å². The van der Waals surface area contributed by atoms with Crippen LogP contribution in [0, 0.1) is 0 Å². The fraction of sp³-hybridized carbons (Fsp3) is 0.286. The molecule has 1 heterocycles. The van der Waals surface area contributed by atoms with Gasteiger partial charge in [-0.15, -0.1) is 0 Å². The van der Waals surface area contributed by atoms with Crippen LogP contribution >= 0.6 is 0 Å². The van der Waals surface area contributed by atoms with E-state index in [1.54, 1.807) is 0 Å². The number of hydrogen-bond acceptors (Lipinski definition) is 2. The average molecular weight is 391 g/mol. The van der Waals surface area contributed by atoms with E-state index < -0.39 is 0 Å². The number of para-hydroxylation sites is 2. The van der Waals surface area contributed by atoms with Gasteiger partial charge >= 0.3 is 0 Å². The molecule has 0 aliphatic heterocycles.